The van der Waals surface area contributed by atoms with E-state index in [0.717, 1.165) is 48.1 Å². The van der Waals surface area contributed by atoms with Crippen LogP contribution in [0.5, 0.6) is 0 Å². The molecule has 9 heteroatoms. The summed E-state index contributed by atoms with van der Waals surface area (Å²) in [4.78, 5) is 42.0. The van der Waals surface area contributed by atoms with Crippen molar-refractivity contribution in [3.8, 4) is 0 Å². The van der Waals surface area contributed by atoms with Crippen molar-refractivity contribution in [1.82, 2.24) is 15.5 Å². The van der Waals surface area contributed by atoms with E-state index in [1.165, 1.54) is 23.7 Å². The average molecular weight is 463 g/mol. The molecule has 1 heterocycles. The lowest BCUT2D eigenvalue weighted by Gasteiger charge is -2.42. The number of thioether (sulfide) groups is 1. The van der Waals surface area contributed by atoms with Crippen molar-refractivity contribution < 1.29 is 19.6 Å². The maximum atomic E-state index is 13.9. The van der Waals surface area contributed by atoms with E-state index in [4.69, 9.17) is 0 Å². The molecule has 1 spiro atoms. The molecule has 2 atom stereocenters. The standard InChI is InChI=1S/C23H34N4O4S/c1-4-5-6-7-8-16-15(9-10-18(26-31)20(16)32-3)17-13-19(28)23(21(17)29)14-25-11-12-27(23)22(30)24-2/h9-10,17,25-26,31H,4-8,11-14H2,1-3H3,(H,24,30)/t17-,23+/m1/s1. The number of benzene rings is 1. The van der Waals surface area contributed by atoms with Gasteiger partial charge in [-0.1, -0.05) is 32.3 Å². The molecule has 4 N–H and O–H groups in total. The Labute approximate surface area is 193 Å². The fourth-order valence-corrected chi connectivity index (χ4v) is 5.83. The second kappa shape index (κ2) is 10.7. The molecule has 0 aromatic heterocycles. The zero-order valence-corrected chi connectivity index (χ0v) is 19.9. The molecule has 2 fully saturated rings. The van der Waals surface area contributed by atoms with Crippen LogP contribution < -0.4 is 16.1 Å². The molecular formula is C23H34N4O4S. The first kappa shape index (κ1) is 24.5. The predicted octanol–water partition coefficient (Wildman–Crippen LogP) is 2.94. The highest BCUT2D eigenvalue weighted by Gasteiger charge is 2.60. The quantitative estimate of drug-likeness (QED) is 0.203. The number of hydrogen-bond donors (Lipinski definition) is 4. The van der Waals surface area contributed by atoms with Gasteiger partial charge in [-0.25, -0.2) is 4.79 Å². The third kappa shape index (κ3) is 4.25. The number of hydrogen-bond acceptors (Lipinski definition) is 7. The van der Waals surface area contributed by atoms with Crippen molar-refractivity contribution in [2.75, 3.05) is 38.4 Å². The predicted molar refractivity (Wildman–Crippen MR) is 126 cm³/mol. The van der Waals surface area contributed by atoms with Crippen LogP contribution in [0.3, 0.4) is 0 Å². The molecule has 1 aromatic carbocycles. The number of rotatable bonds is 8. The third-order valence-corrected chi connectivity index (χ3v) is 7.54. The number of nitrogens with zero attached hydrogens (tertiary/aromatic N) is 1. The molecule has 1 aromatic rings. The lowest BCUT2D eigenvalue weighted by Crippen LogP contribution is -2.69. The Kier molecular flexibility index (Phi) is 8.19. The second-order valence-electron chi connectivity index (χ2n) is 8.42. The smallest absolute Gasteiger partial charge is 0.318 e. The van der Waals surface area contributed by atoms with Crippen LogP contribution >= 0.6 is 11.8 Å². The van der Waals surface area contributed by atoms with Crippen LogP contribution in [-0.4, -0.2) is 66.2 Å². The number of anilines is 1. The van der Waals surface area contributed by atoms with E-state index >= 15 is 0 Å². The van der Waals surface area contributed by atoms with E-state index in [1.54, 1.807) is 6.07 Å². The minimum absolute atomic E-state index is 0.0791. The molecule has 32 heavy (non-hydrogen) atoms. The van der Waals surface area contributed by atoms with E-state index in [0.29, 0.717) is 18.8 Å². The van der Waals surface area contributed by atoms with Crippen molar-refractivity contribution in [3.05, 3.63) is 23.3 Å². The zero-order valence-electron chi connectivity index (χ0n) is 19.1. The number of carbonyl (C=O) groups excluding carboxylic acids is 3. The summed E-state index contributed by atoms with van der Waals surface area (Å²) in [6.45, 7) is 3.15. The van der Waals surface area contributed by atoms with Gasteiger partial charge in [-0.15, -0.1) is 11.8 Å². The molecule has 2 amide bonds. The number of ketones is 2. The van der Waals surface area contributed by atoms with Crippen LogP contribution in [0.2, 0.25) is 0 Å². The summed E-state index contributed by atoms with van der Waals surface area (Å²) in [5, 5.41) is 15.3. The molecule has 8 nitrogen and oxygen atoms in total. The third-order valence-electron chi connectivity index (χ3n) is 6.66. The van der Waals surface area contributed by atoms with Gasteiger partial charge in [-0.05, 0) is 36.3 Å². The van der Waals surface area contributed by atoms with Crippen molar-refractivity contribution in [1.29, 1.82) is 0 Å². The van der Waals surface area contributed by atoms with E-state index in [1.807, 2.05) is 12.3 Å². The Hall–Kier alpha value is -2.10. The number of piperazine rings is 1. The summed E-state index contributed by atoms with van der Waals surface area (Å²) in [6, 6.07) is 3.20. The van der Waals surface area contributed by atoms with Crippen molar-refractivity contribution in [2.24, 2.45) is 0 Å². The lowest BCUT2D eigenvalue weighted by atomic mass is 9.85. The van der Waals surface area contributed by atoms with Gasteiger partial charge in [0, 0.05) is 38.0 Å². The summed E-state index contributed by atoms with van der Waals surface area (Å²) in [5.74, 6) is -1.03. The first-order chi connectivity index (χ1) is 15.5. The minimum atomic E-state index is -1.46. The first-order valence-corrected chi connectivity index (χ1v) is 12.6. The fraction of sp³-hybridized carbons (Fsp3) is 0.609. The number of urea groups is 1. The maximum Gasteiger partial charge on any atom is 0.318 e. The van der Waals surface area contributed by atoms with Crippen LogP contribution in [0.4, 0.5) is 10.5 Å². The monoisotopic (exact) mass is 462 g/mol. The molecule has 3 rings (SSSR count). The molecule has 2 aliphatic rings. The summed E-state index contributed by atoms with van der Waals surface area (Å²) in [7, 11) is 1.51. The Bertz CT molecular complexity index is 878. The summed E-state index contributed by atoms with van der Waals surface area (Å²) in [5.41, 5.74) is 3.25. The number of nitrogens with one attached hydrogen (secondary N) is 3. The molecule has 0 radical (unpaired) electrons. The highest BCUT2D eigenvalue weighted by molar-refractivity contribution is 7.98. The van der Waals surface area contributed by atoms with Crippen LogP contribution in [0.15, 0.2) is 17.0 Å². The molecular weight excluding hydrogens is 428 g/mol. The largest absolute Gasteiger partial charge is 0.341 e. The van der Waals surface area contributed by atoms with Gasteiger partial charge in [0.15, 0.2) is 17.1 Å². The van der Waals surface area contributed by atoms with Gasteiger partial charge in [-0.2, -0.15) is 0 Å². The lowest BCUT2D eigenvalue weighted by molar-refractivity contribution is -0.137. The normalized spacial score (nSPS) is 23.1. The summed E-state index contributed by atoms with van der Waals surface area (Å²) in [6.07, 6.45) is 7.10. The Balaban J connectivity index is 2.03. The van der Waals surface area contributed by atoms with Crippen LogP contribution in [-0.2, 0) is 16.0 Å². The fourth-order valence-electron chi connectivity index (χ4n) is 5.03. The van der Waals surface area contributed by atoms with E-state index in [9.17, 15) is 19.6 Å². The summed E-state index contributed by atoms with van der Waals surface area (Å²) >= 11 is 1.52. The van der Waals surface area contributed by atoms with Crippen LogP contribution in [0.25, 0.3) is 0 Å². The Morgan fingerprint density at radius 1 is 1.31 bits per heavy atom. The van der Waals surface area contributed by atoms with Crippen LogP contribution in [0, 0.1) is 0 Å². The molecule has 1 saturated heterocycles. The molecule has 1 aliphatic heterocycles. The van der Waals surface area contributed by atoms with Crippen molar-refractivity contribution >= 4 is 35.0 Å². The van der Waals surface area contributed by atoms with Gasteiger partial charge in [-0.3, -0.25) is 20.3 Å². The Morgan fingerprint density at radius 2 is 2.09 bits per heavy atom. The highest BCUT2D eigenvalue weighted by atomic mass is 32.2. The zero-order chi connectivity index (χ0) is 23.3. The van der Waals surface area contributed by atoms with Crippen molar-refractivity contribution in [3.63, 3.8) is 0 Å². The van der Waals surface area contributed by atoms with Crippen LogP contribution in [0.1, 0.15) is 56.1 Å². The molecule has 1 aliphatic carbocycles. The van der Waals surface area contributed by atoms with Gasteiger partial charge in [0.1, 0.15) is 0 Å². The number of unbranched alkanes of at least 4 members (excludes halogenated alkanes) is 3. The molecule has 0 unspecified atom stereocenters. The molecule has 0 bridgehead atoms. The summed E-state index contributed by atoms with van der Waals surface area (Å²) < 4.78 is 0. The topological polar surface area (TPSA) is 111 Å². The van der Waals surface area contributed by atoms with Gasteiger partial charge >= 0.3 is 6.03 Å². The van der Waals surface area contributed by atoms with E-state index in [2.05, 4.69) is 23.0 Å². The number of Topliss-reactive ketones (excluding diaryl/α,β-unsaturated/α-hetero) is 2. The SMILES string of the molecule is CCCCCCc1c([C@H]2CC(=O)[C@@]3(CNCCN3C(=O)NC)C2=O)ccc(NO)c1SC. The van der Waals surface area contributed by atoms with Gasteiger partial charge in [0.25, 0.3) is 0 Å². The molecule has 1 saturated carbocycles. The van der Waals surface area contributed by atoms with E-state index in [-0.39, 0.29) is 24.5 Å². The van der Waals surface area contributed by atoms with E-state index < -0.39 is 17.5 Å². The highest BCUT2D eigenvalue weighted by Crippen LogP contribution is 2.44. The van der Waals surface area contributed by atoms with Crippen molar-refractivity contribution in [2.45, 2.75) is 61.8 Å². The second-order valence-corrected chi connectivity index (χ2v) is 9.24. The average Bonchev–Trinajstić information content (AvgIpc) is 3.06. The van der Waals surface area contributed by atoms with Gasteiger partial charge in [0.2, 0.25) is 0 Å². The maximum absolute atomic E-state index is 13.9. The number of carbonyl (C=O) groups is 3. The molecule has 176 valence electrons. The Morgan fingerprint density at radius 3 is 2.75 bits per heavy atom. The van der Waals surface area contributed by atoms with Gasteiger partial charge in [0.05, 0.1) is 11.6 Å². The minimum Gasteiger partial charge on any atom is -0.341 e. The number of amides is 2. The van der Waals surface area contributed by atoms with Gasteiger partial charge < -0.3 is 15.5 Å². The first-order valence-electron chi connectivity index (χ1n) is 11.3.